The second kappa shape index (κ2) is 33.4. The van der Waals surface area contributed by atoms with Gasteiger partial charge >= 0.3 is 5.97 Å². The van der Waals surface area contributed by atoms with E-state index in [0.29, 0.717) is 18.9 Å². The number of rotatable bonds is 34. The van der Waals surface area contributed by atoms with Crippen molar-refractivity contribution >= 4 is 29.3 Å². The Morgan fingerprint density at radius 3 is 1.54 bits per heavy atom. The largest absolute Gasteiger partial charge is 0.466 e. The fourth-order valence-electron chi connectivity index (χ4n) is 5.94. The summed E-state index contributed by atoms with van der Waals surface area (Å²) in [5.74, 6) is 2.44. The van der Waals surface area contributed by atoms with Crippen LogP contribution in [-0.4, -0.2) is 29.9 Å². The Balaban J connectivity index is 1.91. The molecule has 0 atom stereocenters. The van der Waals surface area contributed by atoms with Crippen LogP contribution in [0.4, 0.5) is 5.69 Å². The summed E-state index contributed by atoms with van der Waals surface area (Å²) in [6, 6.07) is 8.59. The second-order valence-corrected chi connectivity index (χ2v) is 14.7. The molecule has 0 heterocycles. The summed E-state index contributed by atoms with van der Waals surface area (Å²) in [7, 11) is 0. The van der Waals surface area contributed by atoms with Crippen LogP contribution in [0.15, 0.2) is 29.3 Å². The van der Waals surface area contributed by atoms with Crippen LogP contribution in [0, 0.1) is 0 Å². The van der Waals surface area contributed by atoms with Crippen LogP contribution < -0.4 is 5.73 Å². The van der Waals surface area contributed by atoms with Gasteiger partial charge in [0.05, 0.1) is 24.6 Å². The lowest BCUT2D eigenvalue weighted by atomic mass is 10.0. The maximum Gasteiger partial charge on any atom is 0.306 e. The smallest absolute Gasteiger partial charge is 0.306 e. The first-order valence-electron chi connectivity index (χ1n) is 19.8. The van der Waals surface area contributed by atoms with E-state index in [1.807, 2.05) is 0 Å². The number of carbonyl (C=O) groups excluding carboxylic acids is 1. The number of nitrogens with two attached hydrogens (primary N) is 1. The van der Waals surface area contributed by atoms with Crippen LogP contribution in [0.5, 0.6) is 0 Å². The topological polar surface area (TPSA) is 64.7 Å². The van der Waals surface area contributed by atoms with E-state index < -0.39 is 0 Å². The molecule has 0 aliphatic heterocycles. The van der Waals surface area contributed by atoms with Crippen molar-refractivity contribution in [2.45, 2.75) is 194 Å². The number of aryl methyl sites for hydroxylation is 1. The monoisotopic (exact) mass is 659 g/mol. The molecule has 0 saturated carbocycles. The van der Waals surface area contributed by atoms with Crippen LogP contribution in [0.1, 0.15) is 193 Å². The van der Waals surface area contributed by atoms with Crippen LogP contribution in [0.3, 0.4) is 0 Å². The van der Waals surface area contributed by atoms with Gasteiger partial charge in [-0.15, -0.1) is 0 Å². The lowest BCUT2D eigenvalue weighted by molar-refractivity contribution is -0.143. The zero-order valence-corrected chi connectivity index (χ0v) is 31.3. The van der Waals surface area contributed by atoms with E-state index in [2.05, 4.69) is 43.1 Å². The highest BCUT2D eigenvalue weighted by Crippen LogP contribution is 2.18. The summed E-state index contributed by atoms with van der Waals surface area (Å²) in [5.41, 5.74) is 8.53. The normalized spacial score (nSPS) is 11.7. The predicted molar refractivity (Wildman–Crippen MR) is 206 cm³/mol. The van der Waals surface area contributed by atoms with Gasteiger partial charge < -0.3 is 10.5 Å². The van der Waals surface area contributed by atoms with Gasteiger partial charge in [0, 0.05) is 12.2 Å². The van der Waals surface area contributed by atoms with E-state index in [1.165, 1.54) is 153 Å². The molecule has 0 unspecified atom stereocenters. The molecule has 1 aromatic carbocycles. The SMILES string of the molecule is CCCCCCCCCCCCCCCCOC(=O)CCSCCCC(N)=Nc1ccc(CCCCCCCCCCCC)cc1. The molecule has 0 saturated heterocycles. The van der Waals surface area contributed by atoms with Crippen molar-refractivity contribution in [2.75, 3.05) is 18.1 Å². The molecule has 46 heavy (non-hydrogen) atoms. The lowest BCUT2D eigenvalue weighted by Gasteiger charge is -2.06. The average Bonchev–Trinajstić information content (AvgIpc) is 3.06. The summed E-state index contributed by atoms with van der Waals surface area (Å²) >= 11 is 1.80. The number of carbonyl (C=O) groups is 1. The van der Waals surface area contributed by atoms with E-state index in [0.717, 1.165) is 42.9 Å². The standard InChI is InChI=1S/C41H74N2O2S/c1-3-5-7-9-11-13-15-16-17-18-20-22-24-26-35-45-41(44)34-37-46-36-27-29-40(42)43-39-32-30-38(31-33-39)28-25-23-21-19-14-12-10-8-6-4-2/h30-33H,3-29,34-37H2,1-2H3,(H2,42,43). The van der Waals surface area contributed by atoms with E-state index in [4.69, 9.17) is 10.5 Å². The highest BCUT2D eigenvalue weighted by Gasteiger charge is 2.04. The van der Waals surface area contributed by atoms with Gasteiger partial charge in [0.1, 0.15) is 0 Å². The first kappa shape index (κ1) is 42.5. The van der Waals surface area contributed by atoms with E-state index in [-0.39, 0.29) is 5.97 Å². The molecule has 0 fully saturated rings. The Kier molecular flexibility index (Phi) is 30.9. The Labute approximate surface area is 290 Å². The van der Waals surface area contributed by atoms with Gasteiger partial charge in [-0.3, -0.25) is 4.79 Å². The molecule has 2 N–H and O–H groups in total. The van der Waals surface area contributed by atoms with Crippen molar-refractivity contribution in [1.29, 1.82) is 0 Å². The number of benzene rings is 1. The number of ether oxygens (including phenoxy) is 1. The summed E-state index contributed by atoms with van der Waals surface area (Å²) in [5, 5.41) is 0. The quantitative estimate of drug-likeness (QED) is 0.0346. The van der Waals surface area contributed by atoms with Gasteiger partial charge in [-0.1, -0.05) is 167 Å². The van der Waals surface area contributed by atoms with Crippen LogP contribution >= 0.6 is 11.8 Å². The summed E-state index contributed by atoms with van der Waals surface area (Å²) in [6.45, 7) is 5.14. The minimum absolute atomic E-state index is 0.0557. The first-order valence-corrected chi connectivity index (χ1v) is 21.0. The Morgan fingerprint density at radius 2 is 1.04 bits per heavy atom. The molecular weight excluding hydrogens is 585 g/mol. The minimum atomic E-state index is -0.0557. The molecule has 0 radical (unpaired) electrons. The van der Waals surface area contributed by atoms with Gasteiger partial charge in [0.15, 0.2) is 0 Å². The predicted octanol–water partition coefficient (Wildman–Crippen LogP) is 13.1. The van der Waals surface area contributed by atoms with E-state index in [1.54, 1.807) is 11.8 Å². The van der Waals surface area contributed by atoms with Gasteiger partial charge in [0.2, 0.25) is 0 Å². The zero-order valence-electron chi connectivity index (χ0n) is 30.5. The van der Waals surface area contributed by atoms with Crippen LogP contribution in [0.2, 0.25) is 0 Å². The van der Waals surface area contributed by atoms with E-state index in [9.17, 15) is 4.79 Å². The molecule has 0 spiro atoms. The summed E-state index contributed by atoms with van der Waals surface area (Å²) in [6.07, 6.45) is 35.9. The Hall–Kier alpha value is -1.49. The third kappa shape index (κ3) is 28.7. The van der Waals surface area contributed by atoms with Crippen molar-refractivity contribution in [2.24, 2.45) is 10.7 Å². The lowest BCUT2D eigenvalue weighted by Crippen LogP contribution is -2.11. The van der Waals surface area contributed by atoms with Gasteiger partial charge in [0.25, 0.3) is 0 Å². The zero-order chi connectivity index (χ0) is 33.2. The van der Waals surface area contributed by atoms with Crippen molar-refractivity contribution in [3.8, 4) is 0 Å². The maximum atomic E-state index is 12.0. The van der Waals surface area contributed by atoms with Crippen LogP contribution in [-0.2, 0) is 16.0 Å². The van der Waals surface area contributed by atoms with Gasteiger partial charge in [-0.05, 0) is 49.1 Å². The number of amidine groups is 1. The molecule has 0 bridgehead atoms. The molecule has 0 aromatic heterocycles. The highest BCUT2D eigenvalue weighted by molar-refractivity contribution is 7.99. The van der Waals surface area contributed by atoms with Crippen molar-refractivity contribution in [1.82, 2.24) is 0 Å². The molecule has 0 amide bonds. The Morgan fingerprint density at radius 1 is 0.587 bits per heavy atom. The van der Waals surface area contributed by atoms with Crippen molar-refractivity contribution in [3.63, 3.8) is 0 Å². The Bertz CT molecular complexity index is 826. The van der Waals surface area contributed by atoms with Gasteiger partial charge in [-0.2, -0.15) is 11.8 Å². The number of hydrogen-bond donors (Lipinski definition) is 1. The molecular formula is C41H74N2O2S. The fraction of sp³-hybridized carbons (Fsp3) is 0.805. The molecule has 0 aliphatic carbocycles. The molecule has 1 rings (SSSR count). The van der Waals surface area contributed by atoms with Crippen molar-refractivity contribution < 1.29 is 9.53 Å². The number of esters is 1. The van der Waals surface area contributed by atoms with Crippen LogP contribution in [0.25, 0.3) is 0 Å². The average molecular weight is 659 g/mol. The molecule has 266 valence electrons. The summed E-state index contributed by atoms with van der Waals surface area (Å²) in [4.78, 5) is 16.6. The molecule has 1 aromatic rings. The number of unbranched alkanes of at least 4 members (excludes halogenated alkanes) is 22. The molecule has 0 aliphatic rings. The third-order valence-corrected chi connectivity index (χ3v) is 10.0. The van der Waals surface area contributed by atoms with Crippen molar-refractivity contribution in [3.05, 3.63) is 29.8 Å². The number of nitrogens with zero attached hydrogens (tertiary/aromatic N) is 1. The second-order valence-electron chi connectivity index (χ2n) is 13.5. The molecule has 4 nitrogen and oxygen atoms in total. The highest BCUT2D eigenvalue weighted by atomic mass is 32.2. The van der Waals surface area contributed by atoms with Gasteiger partial charge in [-0.25, -0.2) is 4.99 Å². The summed E-state index contributed by atoms with van der Waals surface area (Å²) < 4.78 is 5.43. The maximum absolute atomic E-state index is 12.0. The molecule has 5 heteroatoms. The van der Waals surface area contributed by atoms with E-state index >= 15 is 0 Å². The third-order valence-electron chi connectivity index (χ3n) is 8.96. The number of thioether (sulfide) groups is 1. The minimum Gasteiger partial charge on any atom is -0.466 e. The number of aliphatic imine (C=N–C) groups is 1. The first-order chi connectivity index (χ1) is 22.7. The number of hydrogen-bond acceptors (Lipinski definition) is 4. The fourth-order valence-corrected chi connectivity index (χ4v) is 6.81.